The summed E-state index contributed by atoms with van der Waals surface area (Å²) in [4.78, 5) is 0. The Morgan fingerprint density at radius 2 is 2.19 bits per heavy atom. The van der Waals surface area contributed by atoms with Gasteiger partial charge < -0.3 is 10.5 Å². The molecule has 1 aliphatic rings. The van der Waals surface area contributed by atoms with Crippen LogP contribution in [-0.4, -0.2) is 51.3 Å². The predicted octanol–water partition coefficient (Wildman–Crippen LogP) is 0.0218. The van der Waals surface area contributed by atoms with E-state index in [-0.39, 0.29) is 11.9 Å². The van der Waals surface area contributed by atoms with Gasteiger partial charge in [0.2, 0.25) is 10.0 Å². The molecule has 2 N–H and O–H groups in total. The normalized spacial score (nSPS) is 28.2. The summed E-state index contributed by atoms with van der Waals surface area (Å²) in [6, 6.07) is 0. The van der Waals surface area contributed by atoms with Crippen LogP contribution in [0.3, 0.4) is 0 Å². The summed E-state index contributed by atoms with van der Waals surface area (Å²) in [5.74, 6) is 0.569. The fraction of sp³-hybridized carbons (Fsp3) is 1.00. The highest BCUT2D eigenvalue weighted by atomic mass is 32.2. The van der Waals surface area contributed by atoms with Crippen molar-refractivity contribution in [2.75, 3.05) is 32.5 Å². The topological polar surface area (TPSA) is 72.6 Å². The zero-order valence-electron chi connectivity index (χ0n) is 10.1. The molecule has 6 heteroatoms. The second kappa shape index (κ2) is 5.95. The molecule has 0 saturated carbocycles. The summed E-state index contributed by atoms with van der Waals surface area (Å²) >= 11 is 0. The van der Waals surface area contributed by atoms with Gasteiger partial charge in [-0.1, -0.05) is 6.92 Å². The van der Waals surface area contributed by atoms with Crippen LogP contribution in [-0.2, 0) is 14.8 Å². The zero-order valence-corrected chi connectivity index (χ0v) is 10.9. The molecule has 1 heterocycles. The van der Waals surface area contributed by atoms with Gasteiger partial charge in [-0.3, -0.25) is 0 Å². The SMILES string of the molecule is COC1CN(S(=O)(=O)CCCN)CCC1C. The number of hydrogen-bond donors (Lipinski definition) is 1. The van der Waals surface area contributed by atoms with Crippen LogP contribution in [0.1, 0.15) is 19.8 Å². The first kappa shape index (κ1) is 13.9. The van der Waals surface area contributed by atoms with E-state index in [0.717, 1.165) is 6.42 Å². The molecule has 0 amide bonds. The Balaban J connectivity index is 2.60. The van der Waals surface area contributed by atoms with E-state index in [1.165, 1.54) is 4.31 Å². The third kappa shape index (κ3) is 3.41. The highest BCUT2D eigenvalue weighted by Crippen LogP contribution is 2.21. The molecule has 1 rings (SSSR count). The largest absolute Gasteiger partial charge is 0.380 e. The third-order valence-electron chi connectivity index (χ3n) is 3.15. The minimum Gasteiger partial charge on any atom is -0.380 e. The average Bonchev–Trinajstić information content (AvgIpc) is 2.27. The van der Waals surface area contributed by atoms with Crippen molar-refractivity contribution in [2.24, 2.45) is 11.7 Å². The van der Waals surface area contributed by atoms with Crippen molar-refractivity contribution in [1.82, 2.24) is 4.31 Å². The lowest BCUT2D eigenvalue weighted by Crippen LogP contribution is -2.47. The number of nitrogens with two attached hydrogens (primary N) is 1. The fourth-order valence-electron chi connectivity index (χ4n) is 1.96. The maximum absolute atomic E-state index is 11.9. The molecule has 0 bridgehead atoms. The Morgan fingerprint density at radius 3 is 2.75 bits per heavy atom. The molecule has 0 spiro atoms. The monoisotopic (exact) mass is 250 g/mol. The third-order valence-corrected chi connectivity index (χ3v) is 5.08. The number of piperidine rings is 1. The molecule has 1 aliphatic heterocycles. The van der Waals surface area contributed by atoms with Gasteiger partial charge in [-0.2, -0.15) is 4.31 Å². The van der Waals surface area contributed by atoms with Crippen molar-refractivity contribution in [3.05, 3.63) is 0 Å². The molecular formula is C10H22N2O3S. The number of sulfonamides is 1. The lowest BCUT2D eigenvalue weighted by atomic mass is 9.97. The quantitative estimate of drug-likeness (QED) is 0.746. The Hall–Kier alpha value is -0.170. The Bertz CT molecular complexity index is 305. The highest BCUT2D eigenvalue weighted by molar-refractivity contribution is 7.89. The van der Waals surface area contributed by atoms with E-state index in [4.69, 9.17) is 10.5 Å². The Morgan fingerprint density at radius 1 is 1.50 bits per heavy atom. The first-order valence-electron chi connectivity index (χ1n) is 5.72. The van der Waals surface area contributed by atoms with E-state index in [1.807, 2.05) is 0 Å². The molecule has 96 valence electrons. The molecular weight excluding hydrogens is 228 g/mol. The maximum Gasteiger partial charge on any atom is 0.214 e. The van der Waals surface area contributed by atoms with Crippen LogP contribution in [0, 0.1) is 5.92 Å². The van der Waals surface area contributed by atoms with Gasteiger partial charge in [0.15, 0.2) is 0 Å². The lowest BCUT2D eigenvalue weighted by molar-refractivity contribution is 0.0184. The van der Waals surface area contributed by atoms with Crippen LogP contribution >= 0.6 is 0 Å². The van der Waals surface area contributed by atoms with E-state index < -0.39 is 10.0 Å². The second-order valence-electron chi connectivity index (χ2n) is 4.36. The molecule has 5 nitrogen and oxygen atoms in total. The molecule has 0 aromatic heterocycles. The van der Waals surface area contributed by atoms with E-state index >= 15 is 0 Å². The average molecular weight is 250 g/mol. The smallest absolute Gasteiger partial charge is 0.214 e. The summed E-state index contributed by atoms with van der Waals surface area (Å²) in [5.41, 5.74) is 5.33. The van der Waals surface area contributed by atoms with Crippen LogP contribution in [0.5, 0.6) is 0 Å². The minimum atomic E-state index is -3.14. The number of nitrogens with zero attached hydrogens (tertiary/aromatic N) is 1. The summed E-state index contributed by atoms with van der Waals surface area (Å²) in [6.07, 6.45) is 1.40. The van der Waals surface area contributed by atoms with Crippen LogP contribution in [0.2, 0.25) is 0 Å². The number of rotatable bonds is 5. The standard InChI is InChI=1S/C10H22N2O3S/c1-9-4-6-12(8-10(9)15-2)16(13,14)7-3-5-11/h9-10H,3-8,11H2,1-2H3. The van der Waals surface area contributed by atoms with Crippen molar-refractivity contribution in [3.63, 3.8) is 0 Å². The Labute approximate surface area is 98.0 Å². The molecule has 0 aromatic rings. The zero-order chi connectivity index (χ0) is 12.2. The molecule has 0 aromatic carbocycles. The molecule has 16 heavy (non-hydrogen) atoms. The number of ether oxygens (including phenoxy) is 1. The van der Waals surface area contributed by atoms with Gasteiger partial charge in [-0.15, -0.1) is 0 Å². The van der Waals surface area contributed by atoms with Crippen LogP contribution in [0.15, 0.2) is 0 Å². The Kier molecular flexibility index (Phi) is 5.17. The summed E-state index contributed by atoms with van der Waals surface area (Å²) in [5, 5.41) is 0. The van der Waals surface area contributed by atoms with Gasteiger partial charge in [-0.25, -0.2) is 8.42 Å². The number of methoxy groups -OCH3 is 1. The lowest BCUT2D eigenvalue weighted by Gasteiger charge is -2.35. The summed E-state index contributed by atoms with van der Waals surface area (Å²) in [6.45, 7) is 3.59. The maximum atomic E-state index is 11.9. The van der Waals surface area contributed by atoms with Gasteiger partial charge >= 0.3 is 0 Å². The van der Waals surface area contributed by atoms with Gasteiger partial charge in [0.05, 0.1) is 11.9 Å². The summed E-state index contributed by atoms with van der Waals surface area (Å²) < 4.78 is 30.7. The van der Waals surface area contributed by atoms with Crippen molar-refractivity contribution in [3.8, 4) is 0 Å². The van der Waals surface area contributed by atoms with Crippen molar-refractivity contribution in [1.29, 1.82) is 0 Å². The predicted molar refractivity (Wildman–Crippen MR) is 63.6 cm³/mol. The van der Waals surface area contributed by atoms with Crippen LogP contribution < -0.4 is 5.73 Å². The fourth-order valence-corrected chi connectivity index (χ4v) is 3.51. The van der Waals surface area contributed by atoms with Crippen LogP contribution in [0.4, 0.5) is 0 Å². The van der Waals surface area contributed by atoms with Crippen molar-refractivity contribution in [2.45, 2.75) is 25.9 Å². The molecule has 0 radical (unpaired) electrons. The van der Waals surface area contributed by atoms with Crippen molar-refractivity contribution >= 4 is 10.0 Å². The molecule has 1 fully saturated rings. The second-order valence-corrected chi connectivity index (χ2v) is 6.44. The van der Waals surface area contributed by atoms with Gasteiger partial charge in [0.25, 0.3) is 0 Å². The first-order chi connectivity index (χ1) is 7.51. The van der Waals surface area contributed by atoms with E-state index in [2.05, 4.69) is 6.92 Å². The van der Waals surface area contributed by atoms with E-state index in [1.54, 1.807) is 7.11 Å². The van der Waals surface area contributed by atoms with Gasteiger partial charge in [-0.05, 0) is 25.3 Å². The van der Waals surface area contributed by atoms with E-state index in [0.29, 0.717) is 32.0 Å². The first-order valence-corrected chi connectivity index (χ1v) is 7.33. The minimum absolute atomic E-state index is 0.0152. The molecule has 0 aliphatic carbocycles. The number of hydrogen-bond acceptors (Lipinski definition) is 4. The van der Waals surface area contributed by atoms with Gasteiger partial charge in [0, 0.05) is 20.2 Å². The van der Waals surface area contributed by atoms with Crippen LogP contribution in [0.25, 0.3) is 0 Å². The highest BCUT2D eigenvalue weighted by Gasteiger charge is 2.32. The molecule has 2 atom stereocenters. The van der Waals surface area contributed by atoms with E-state index in [9.17, 15) is 8.42 Å². The summed E-state index contributed by atoms with van der Waals surface area (Å²) in [7, 11) is -1.50. The van der Waals surface area contributed by atoms with Gasteiger partial charge in [0.1, 0.15) is 0 Å². The van der Waals surface area contributed by atoms with Crippen molar-refractivity contribution < 1.29 is 13.2 Å². The molecule has 1 saturated heterocycles. The molecule has 2 unspecified atom stereocenters.